The Morgan fingerprint density at radius 1 is 1.50 bits per heavy atom. The number of nitrogens with zero attached hydrogens (tertiary/aromatic N) is 1. The van der Waals surface area contributed by atoms with E-state index in [0.717, 1.165) is 17.9 Å². The zero-order valence-corrected chi connectivity index (χ0v) is 11.1. The molecule has 0 aromatic carbocycles. The third-order valence-corrected chi connectivity index (χ3v) is 3.90. The Kier molecular flexibility index (Phi) is 4.79. The molecule has 1 saturated carbocycles. The minimum Gasteiger partial charge on any atom is -0.349 e. The lowest BCUT2D eigenvalue weighted by Crippen LogP contribution is -2.26. The summed E-state index contributed by atoms with van der Waals surface area (Å²) in [5.41, 5.74) is 1.03. The van der Waals surface area contributed by atoms with Crippen molar-refractivity contribution in [2.75, 3.05) is 0 Å². The number of H-pyrrole nitrogens is 1. The van der Waals surface area contributed by atoms with Crippen LogP contribution < -0.4 is 5.32 Å². The van der Waals surface area contributed by atoms with Gasteiger partial charge in [0.2, 0.25) is 5.91 Å². The molecule has 1 atom stereocenters. The highest BCUT2D eigenvalue weighted by atomic mass is 16.1. The van der Waals surface area contributed by atoms with E-state index in [-0.39, 0.29) is 11.9 Å². The van der Waals surface area contributed by atoms with E-state index in [0.29, 0.717) is 6.42 Å². The van der Waals surface area contributed by atoms with Crippen LogP contribution in [0.5, 0.6) is 0 Å². The van der Waals surface area contributed by atoms with E-state index in [2.05, 4.69) is 15.5 Å². The van der Waals surface area contributed by atoms with Gasteiger partial charge in [0.15, 0.2) is 0 Å². The minimum absolute atomic E-state index is 0.0441. The molecular formula is C14H23N3O. The number of hydrogen-bond donors (Lipinski definition) is 2. The molecule has 1 unspecified atom stereocenters. The molecule has 0 saturated heterocycles. The molecule has 2 N–H and O–H groups in total. The van der Waals surface area contributed by atoms with Crippen LogP contribution in [-0.2, 0) is 4.79 Å². The molecule has 0 radical (unpaired) electrons. The first-order valence-corrected chi connectivity index (χ1v) is 7.03. The topological polar surface area (TPSA) is 57.8 Å². The Labute approximate surface area is 109 Å². The van der Waals surface area contributed by atoms with Crippen molar-refractivity contribution in [2.24, 2.45) is 5.92 Å². The van der Waals surface area contributed by atoms with E-state index >= 15 is 0 Å². The Morgan fingerprint density at radius 3 is 2.94 bits per heavy atom. The first-order chi connectivity index (χ1) is 8.75. The normalized spacial score (nSPS) is 18.5. The molecule has 0 spiro atoms. The van der Waals surface area contributed by atoms with Crippen LogP contribution in [0.25, 0.3) is 0 Å². The maximum Gasteiger partial charge on any atom is 0.220 e. The third-order valence-electron chi connectivity index (χ3n) is 3.90. The number of rotatable bonds is 5. The van der Waals surface area contributed by atoms with Crippen molar-refractivity contribution in [3.63, 3.8) is 0 Å². The average Bonchev–Trinajstić information content (AvgIpc) is 2.91. The van der Waals surface area contributed by atoms with E-state index < -0.39 is 0 Å². The molecule has 2 rings (SSSR count). The van der Waals surface area contributed by atoms with Crippen LogP contribution in [0.2, 0.25) is 0 Å². The molecular weight excluding hydrogens is 226 g/mol. The van der Waals surface area contributed by atoms with Crippen molar-refractivity contribution in [3.8, 4) is 0 Å². The maximum atomic E-state index is 11.8. The quantitative estimate of drug-likeness (QED) is 0.843. The lowest BCUT2D eigenvalue weighted by molar-refractivity contribution is -0.122. The summed E-state index contributed by atoms with van der Waals surface area (Å²) in [5.74, 6) is 0.933. The zero-order chi connectivity index (χ0) is 12.8. The van der Waals surface area contributed by atoms with Gasteiger partial charge in [0.25, 0.3) is 0 Å². The van der Waals surface area contributed by atoms with Crippen LogP contribution in [0, 0.1) is 5.92 Å². The minimum atomic E-state index is 0.0441. The van der Waals surface area contributed by atoms with E-state index in [9.17, 15) is 4.79 Å². The van der Waals surface area contributed by atoms with Gasteiger partial charge in [0.1, 0.15) is 0 Å². The van der Waals surface area contributed by atoms with E-state index in [1.54, 1.807) is 6.20 Å². The maximum absolute atomic E-state index is 11.8. The van der Waals surface area contributed by atoms with Crippen LogP contribution in [0.3, 0.4) is 0 Å². The van der Waals surface area contributed by atoms with Gasteiger partial charge in [-0.2, -0.15) is 5.10 Å². The number of aromatic amines is 1. The number of hydrogen-bond acceptors (Lipinski definition) is 2. The van der Waals surface area contributed by atoms with Crippen molar-refractivity contribution >= 4 is 5.91 Å². The standard InChI is InChI=1S/C14H23N3O/c1-11(13-9-15-16-10-13)17-14(18)8-7-12-5-3-2-4-6-12/h9-12H,2-8H2,1H3,(H,15,16)(H,17,18). The van der Waals surface area contributed by atoms with Gasteiger partial charge in [0, 0.05) is 18.2 Å². The Morgan fingerprint density at radius 2 is 2.28 bits per heavy atom. The molecule has 0 bridgehead atoms. The summed E-state index contributed by atoms with van der Waals surface area (Å²) in [6.07, 6.45) is 12.0. The van der Waals surface area contributed by atoms with Crippen molar-refractivity contribution < 1.29 is 4.79 Å². The van der Waals surface area contributed by atoms with Crippen molar-refractivity contribution in [3.05, 3.63) is 18.0 Å². The summed E-state index contributed by atoms with van der Waals surface area (Å²) >= 11 is 0. The Bertz CT molecular complexity index is 355. The van der Waals surface area contributed by atoms with Gasteiger partial charge in [-0.3, -0.25) is 9.89 Å². The summed E-state index contributed by atoms with van der Waals surface area (Å²) in [5, 5.41) is 9.68. The summed E-state index contributed by atoms with van der Waals surface area (Å²) in [4.78, 5) is 11.8. The molecule has 4 heteroatoms. The highest BCUT2D eigenvalue weighted by molar-refractivity contribution is 5.76. The first kappa shape index (κ1) is 13.1. The van der Waals surface area contributed by atoms with Gasteiger partial charge >= 0.3 is 0 Å². The monoisotopic (exact) mass is 249 g/mol. The fourth-order valence-corrected chi connectivity index (χ4v) is 2.71. The van der Waals surface area contributed by atoms with Gasteiger partial charge in [-0.1, -0.05) is 32.1 Å². The largest absolute Gasteiger partial charge is 0.349 e. The molecule has 1 aromatic rings. The van der Waals surface area contributed by atoms with E-state index in [4.69, 9.17) is 0 Å². The van der Waals surface area contributed by atoms with Gasteiger partial charge in [-0.15, -0.1) is 0 Å². The predicted molar refractivity (Wildman–Crippen MR) is 71.0 cm³/mol. The van der Waals surface area contributed by atoms with E-state index in [1.165, 1.54) is 32.1 Å². The molecule has 1 heterocycles. The number of nitrogens with one attached hydrogen (secondary N) is 2. The fourth-order valence-electron chi connectivity index (χ4n) is 2.71. The zero-order valence-electron chi connectivity index (χ0n) is 11.1. The number of carbonyl (C=O) groups is 1. The highest BCUT2D eigenvalue weighted by Gasteiger charge is 2.16. The average molecular weight is 249 g/mol. The molecule has 0 aliphatic heterocycles. The molecule has 4 nitrogen and oxygen atoms in total. The van der Waals surface area contributed by atoms with Crippen molar-refractivity contribution in [2.45, 2.75) is 57.9 Å². The Balaban J connectivity index is 1.68. The third kappa shape index (κ3) is 3.86. The second-order valence-corrected chi connectivity index (χ2v) is 5.36. The summed E-state index contributed by atoms with van der Waals surface area (Å²) in [6, 6.07) is 0.0441. The van der Waals surface area contributed by atoms with Gasteiger partial charge in [0.05, 0.1) is 12.2 Å². The van der Waals surface area contributed by atoms with Gasteiger partial charge < -0.3 is 5.32 Å². The second-order valence-electron chi connectivity index (χ2n) is 5.36. The van der Waals surface area contributed by atoms with Gasteiger partial charge in [-0.05, 0) is 19.3 Å². The van der Waals surface area contributed by atoms with Crippen LogP contribution in [0.4, 0.5) is 0 Å². The van der Waals surface area contributed by atoms with Crippen LogP contribution in [-0.4, -0.2) is 16.1 Å². The van der Waals surface area contributed by atoms with Crippen molar-refractivity contribution in [1.82, 2.24) is 15.5 Å². The number of aromatic nitrogens is 2. The van der Waals surface area contributed by atoms with Crippen molar-refractivity contribution in [1.29, 1.82) is 0 Å². The van der Waals surface area contributed by atoms with Gasteiger partial charge in [-0.25, -0.2) is 0 Å². The summed E-state index contributed by atoms with van der Waals surface area (Å²) in [7, 11) is 0. The predicted octanol–water partition coefficient (Wildman–Crippen LogP) is 2.95. The summed E-state index contributed by atoms with van der Waals surface area (Å²) < 4.78 is 0. The molecule has 100 valence electrons. The van der Waals surface area contributed by atoms with E-state index in [1.807, 2.05) is 13.1 Å². The van der Waals surface area contributed by atoms with Crippen LogP contribution in [0.1, 0.15) is 63.5 Å². The summed E-state index contributed by atoms with van der Waals surface area (Å²) in [6.45, 7) is 1.99. The molecule has 1 aliphatic rings. The first-order valence-electron chi connectivity index (χ1n) is 7.03. The molecule has 1 amide bonds. The fraction of sp³-hybridized carbons (Fsp3) is 0.714. The molecule has 1 aliphatic carbocycles. The number of amides is 1. The molecule has 1 aromatic heterocycles. The molecule has 18 heavy (non-hydrogen) atoms. The number of carbonyl (C=O) groups excluding carboxylic acids is 1. The highest BCUT2D eigenvalue weighted by Crippen LogP contribution is 2.27. The van der Waals surface area contributed by atoms with Crippen LogP contribution >= 0.6 is 0 Å². The molecule has 1 fully saturated rings. The lowest BCUT2D eigenvalue weighted by Gasteiger charge is -2.21. The smallest absolute Gasteiger partial charge is 0.220 e. The Hall–Kier alpha value is -1.32. The lowest BCUT2D eigenvalue weighted by atomic mass is 9.86. The van der Waals surface area contributed by atoms with Crippen LogP contribution in [0.15, 0.2) is 12.4 Å². The SMILES string of the molecule is CC(NC(=O)CCC1CCCCC1)c1cn[nH]c1. The second kappa shape index (κ2) is 6.57.